The first-order chi connectivity index (χ1) is 12.1. The molecule has 2 aliphatic rings. The van der Waals surface area contributed by atoms with Crippen molar-refractivity contribution in [2.45, 2.75) is 38.3 Å². The lowest BCUT2D eigenvalue weighted by molar-refractivity contribution is -0.117. The van der Waals surface area contributed by atoms with E-state index in [-0.39, 0.29) is 18.0 Å². The lowest BCUT2D eigenvalue weighted by atomic mass is 10.2. The van der Waals surface area contributed by atoms with Crippen LogP contribution in [-0.2, 0) is 4.79 Å². The third-order valence-corrected chi connectivity index (χ3v) is 5.88. The number of nitrogens with zero attached hydrogens (tertiary/aromatic N) is 3. The molecular formula is C17H22N6OS. The van der Waals surface area contributed by atoms with Crippen molar-refractivity contribution in [1.82, 2.24) is 20.3 Å². The highest BCUT2D eigenvalue weighted by Crippen LogP contribution is 2.31. The molecule has 2 aromatic rings. The van der Waals surface area contributed by atoms with E-state index in [1.807, 2.05) is 24.2 Å². The second kappa shape index (κ2) is 6.68. The molecule has 3 heterocycles. The Labute approximate surface area is 150 Å². The van der Waals surface area contributed by atoms with Crippen LogP contribution in [0, 0.1) is 6.92 Å². The van der Waals surface area contributed by atoms with Gasteiger partial charge in [0.1, 0.15) is 17.8 Å². The Morgan fingerprint density at radius 2 is 2.32 bits per heavy atom. The first-order valence-electron chi connectivity index (χ1n) is 8.60. The molecule has 4 rings (SSSR count). The SMILES string of the molecule is Cc1c[nH]c2ncnc(N3C=C(C(=O)N[C@@H]4CCC[C@@H]4N)SCC3)c12. The Kier molecular flexibility index (Phi) is 4.39. The summed E-state index contributed by atoms with van der Waals surface area (Å²) in [7, 11) is 0. The minimum atomic E-state index is -0.0341. The molecule has 0 spiro atoms. The van der Waals surface area contributed by atoms with Crippen LogP contribution in [0.2, 0.25) is 0 Å². The van der Waals surface area contributed by atoms with Crippen LogP contribution in [-0.4, -0.2) is 45.2 Å². The van der Waals surface area contributed by atoms with Crippen molar-refractivity contribution >= 4 is 34.5 Å². The van der Waals surface area contributed by atoms with Crippen molar-refractivity contribution < 1.29 is 4.79 Å². The zero-order valence-corrected chi connectivity index (χ0v) is 15.0. The number of aromatic amines is 1. The monoisotopic (exact) mass is 358 g/mol. The number of carbonyl (C=O) groups is 1. The van der Waals surface area contributed by atoms with E-state index < -0.39 is 0 Å². The topological polar surface area (TPSA) is 99.9 Å². The number of carbonyl (C=O) groups excluding carboxylic acids is 1. The van der Waals surface area contributed by atoms with Crippen LogP contribution in [0.1, 0.15) is 24.8 Å². The smallest absolute Gasteiger partial charge is 0.259 e. The van der Waals surface area contributed by atoms with Crippen LogP contribution in [0.4, 0.5) is 5.82 Å². The van der Waals surface area contributed by atoms with Gasteiger partial charge in [-0.15, -0.1) is 11.8 Å². The van der Waals surface area contributed by atoms with E-state index >= 15 is 0 Å². The molecule has 8 heteroatoms. The summed E-state index contributed by atoms with van der Waals surface area (Å²) in [6, 6.07) is 0.153. The molecule has 0 unspecified atom stereocenters. The molecule has 1 fully saturated rings. The van der Waals surface area contributed by atoms with Gasteiger partial charge in [-0.3, -0.25) is 4.79 Å². The lowest BCUT2D eigenvalue weighted by Crippen LogP contribution is -2.44. The quantitative estimate of drug-likeness (QED) is 0.772. The molecule has 1 saturated carbocycles. The number of nitrogens with two attached hydrogens (primary N) is 1. The number of nitrogens with one attached hydrogen (secondary N) is 2. The number of thioether (sulfide) groups is 1. The van der Waals surface area contributed by atoms with Gasteiger partial charge in [-0.25, -0.2) is 9.97 Å². The number of aromatic nitrogens is 3. The zero-order chi connectivity index (χ0) is 17.4. The van der Waals surface area contributed by atoms with Gasteiger partial charge in [-0.05, 0) is 31.7 Å². The summed E-state index contributed by atoms with van der Waals surface area (Å²) in [5.41, 5.74) is 7.98. The van der Waals surface area contributed by atoms with Crippen molar-refractivity contribution in [3.63, 3.8) is 0 Å². The molecule has 25 heavy (non-hydrogen) atoms. The van der Waals surface area contributed by atoms with Gasteiger partial charge in [0.15, 0.2) is 0 Å². The molecule has 2 aromatic heterocycles. The molecule has 0 aromatic carbocycles. The van der Waals surface area contributed by atoms with E-state index in [4.69, 9.17) is 5.73 Å². The van der Waals surface area contributed by atoms with E-state index in [2.05, 4.69) is 20.3 Å². The highest BCUT2D eigenvalue weighted by atomic mass is 32.2. The number of anilines is 1. The number of amides is 1. The van der Waals surface area contributed by atoms with Crippen LogP contribution in [0.5, 0.6) is 0 Å². The van der Waals surface area contributed by atoms with Crippen molar-refractivity contribution in [3.8, 4) is 0 Å². The minimum Gasteiger partial charge on any atom is -0.347 e. The van der Waals surface area contributed by atoms with E-state index in [0.717, 1.165) is 54.0 Å². The van der Waals surface area contributed by atoms with Crippen LogP contribution in [0.15, 0.2) is 23.6 Å². The molecule has 132 valence electrons. The fourth-order valence-corrected chi connectivity index (χ4v) is 4.41. The number of H-pyrrole nitrogens is 1. The van der Waals surface area contributed by atoms with Crippen molar-refractivity contribution in [2.75, 3.05) is 17.2 Å². The number of fused-ring (bicyclic) bond motifs is 1. The summed E-state index contributed by atoms with van der Waals surface area (Å²) >= 11 is 1.58. The molecule has 1 aliphatic carbocycles. The predicted molar refractivity (Wildman–Crippen MR) is 100 cm³/mol. The maximum absolute atomic E-state index is 12.6. The Hall–Kier alpha value is -2.06. The van der Waals surface area contributed by atoms with Crippen molar-refractivity contribution in [2.24, 2.45) is 5.73 Å². The van der Waals surface area contributed by atoms with Gasteiger partial charge in [-0.1, -0.05) is 0 Å². The normalized spacial score (nSPS) is 23.8. The van der Waals surface area contributed by atoms with Gasteiger partial charge in [0.05, 0.1) is 10.3 Å². The minimum absolute atomic E-state index is 0.0341. The summed E-state index contributed by atoms with van der Waals surface area (Å²) < 4.78 is 0. The summed E-state index contributed by atoms with van der Waals surface area (Å²) in [5, 5.41) is 4.10. The molecule has 0 saturated heterocycles. The number of rotatable bonds is 3. The van der Waals surface area contributed by atoms with Gasteiger partial charge in [-0.2, -0.15) is 0 Å². The highest BCUT2D eigenvalue weighted by Gasteiger charge is 2.28. The Bertz CT molecular complexity index is 832. The third-order valence-electron chi connectivity index (χ3n) is 4.89. The molecule has 7 nitrogen and oxygen atoms in total. The summed E-state index contributed by atoms with van der Waals surface area (Å²) in [6.07, 6.45) is 8.41. The highest BCUT2D eigenvalue weighted by molar-refractivity contribution is 8.04. The molecule has 1 amide bonds. The Morgan fingerprint density at radius 1 is 1.44 bits per heavy atom. The largest absolute Gasteiger partial charge is 0.347 e. The van der Waals surface area contributed by atoms with Gasteiger partial charge >= 0.3 is 0 Å². The van der Waals surface area contributed by atoms with Crippen LogP contribution in [0.25, 0.3) is 11.0 Å². The second-order valence-corrected chi connectivity index (χ2v) is 7.74. The maximum atomic E-state index is 12.6. The third kappa shape index (κ3) is 3.11. The summed E-state index contributed by atoms with van der Waals surface area (Å²) in [6.45, 7) is 2.84. The van der Waals surface area contributed by atoms with Gasteiger partial charge in [0, 0.05) is 36.8 Å². The van der Waals surface area contributed by atoms with Crippen molar-refractivity contribution in [3.05, 3.63) is 29.2 Å². The number of aryl methyl sites for hydroxylation is 1. The molecule has 0 bridgehead atoms. The Balaban J connectivity index is 1.59. The van der Waals surface area contributed by atoms with Gasteiger partial charge in [0.2, 0.25) is 0 Å². The first-order valence-corrected chi connectivity index (χ1v) is 9.58. The van der Waals surface area contributed by atoms with E-state index in [9.17, 15) is 4.79 Å². The van der Waals surface area contributed by atoms with E-state index in [1.165, 1.54) is 0 Å². The predicted octanol–water partition coefficient (Wildman–Crippen LogP) is 1.66. The molecule has 1 aliphatic heterocycles. The average molecular weight is 358 g/mol. The van der Waals surface area contributed by atoms with Crippen molar-refractivity contribution in [1.29, 1.82) is 0 Å². The van der Waals surface area contributed by atoms with Crippen LogP contribution in [0.3, 0.4) is 0 Å². The van der Waals surface area contributed by atoms with Crippen LogP contribution >= 0.6 is 11.8 Å². The lowest BCUT2D eigenvalue weighted by Gasteiger charge is -2.26. The van der Waals surface area contributed by atoms with E-state index in [1.54, 1.807) is 18.1 Å². The Morgan fingerprint density at radius 3 is 3.12 bits per heavy atom. The zero-order valence-electron chi connectivity index (χ0n) is 14.2. The molecule has 2 atom stereocenters. The molecule has 4 N–H and O–H groups in total. The fraction of sp³-hybridized carbons (Fsp3) is 0.471. The fourth-order valence-electron chi connectivity index (χ4n) is 3.51. The van der Waals surface area contributed by atoms with Crippen LogP contribution < -0.4 is 16.0 Å². The number of hydrogen-bond acceptors (Lipinski definition) is 6. The van der Waals surface area contributed by atoms with Gasteiger partial charge < -0.3 is 20.9 Å². The summed E-state index contributed by atoms with van der Waals surface area (Å²) in [5.74, 6) is 1.64. The standard InChI is InChI=1S/C17H22N6OS/c1-10-7-19-15-14(10)16(21-9-20-15)23-5-6-25-13(8-23)17(24)22-12-4-2-3-11(12)18/h7-9,11-12H,2-6,18H2,1H3,(H,22,24)(H,19,20,21)/t11-,12+/m0/s1. The summed E-state index contributed by atoms with van der Waals surface area (Å²) in [4.78, 5) is 27.3. The number of hydrogen-bond donors (Lipinski definition) is 3. The van der Waals surface area contributed by atoms with E-state index in [0.29, 0.717) is 4.91 Å². The second-order valence-electron chi connectivity index (χ2n) is 6.60. The average Bonchev–Trinajstić information content (AvgIpc) is 3.21. The molecular weight excluding hydrogens is 336 g/mol. The maximum Gasteiger partial charge on any atom is 0.259 e. The first kappa shape index (κ1) is 16.4. The van der Waals surface area contributed by atoms with Gasteiger partial charge in [0.25, 0.3) is 5.91 Å². The molecule has 0 radical (unpaired) electrons.